The summed E-state index contributed by atoms with van der Waals surface area (Å²) in [5.41, 5.74) is 0. The Morgan fingerprint density at radius 2 is 1.91 bits per heavy atom. The SMILES string of the molecule is CCCCCC(O)OC(C)C. The number of ether oxygens (including phenoxy) is 1. The molecule has 2 nitrogen and oxygen atoms in total. The zero-order valence-electron chi connectivity index (χ0n) is 7.84. The summed E-state index contributed by atoms with van der Waals surface area (Å²) in [5.74, 6) is 0. The molecule has 1 unspecified atom stereocenters. The number of aliphatic hydroxyl groups excluding tert-OH is 1. The third-order valence-electron chi connectivity index (χ3n) is 1.48. The first-order chi connectivity index (χ1) is 5.16. The third-order valence-corrected chi connectivity index (χ3v) is 1.48. The van der Waals surface area contributed by atoms with E-state index in [9.17, 15) is 5.11 Å². The zero-order valence-corrected chi connectivity index (χ0v) is 7.84. The molecule has 0 aliphatic heterocycles. The van der Waals surface area contributed by atoms with Crippen LogP contribution in [0.5, 0.6) is 0 Å². The maximum atomic E-state index is 9.22. The predicted octanol–water partition coefficient (Wildman–Crippen LogP) is 2.31. The van der Waals surface area contributed by atoms with Crippen LogP contribution in [0.2, 0.25) is 0 Å². The minimum absolute atomic E-state index is 0.131. The van der Waals surface area contributed by atoms with Gasteiger partial charge < -0.3 is 9.84 Å². The van der Waals surface area contributed by atoms with Gasteiger partial charge in [-0.25, -0.2) is 0 Å². The molecule has 0 saturated carbocycles. The Balaban J connectivity index is 3.15. The Labute approximate surface area is 69.6 Å². The Bertz CT molecular complexity index is 81.6. The van der Waals surface area contributed by atoms with E-state index in [4.69, 9.17) is 4.74 Å². The molecule has 68 valence electrons. The molecule has 0 saturated heterocycles. The Morgan fingerprint density at radius 3 is 2.36 bits per heavy atom. The van der Waals surface area contributed by atoms with Crippen molar-refractivity contribution in [2.45, 2.75) is 58.8 Å². The normalized spacial score (nSPS) is 13.9. The topological polar surface area (TPSA) is 29.5 Å². The van der Waals surface area contributed by atoms with Gasteiger partial charge in [0, 0.05) is 0 Å². The minimum atomic E-state index is -0.554. The molecule has 1 N–H and O–H groups in total. The number of hydrogen-bond acceptors (Lipinski definition) is 2. The van der Waals surface area contributed by atoms with Gasteiger partial charge >= 0.3 is 0 Å². The maximum Gasteiger partial charge on any atom is 0.154 e. The lowest BCUT2D eigenvalue weighted by atomic mass is 10.2. The van der Waals surface area contributed by atoms with Gasteiger partial charge in [0.1, 0.15) is 0 Å². The van der Waals surface area contributed by atoms with Crippen molar-refractivity contribution in [3.8, 4) is 0 Å². The van der Waals surface area contributed by atoms with Gasteiger partial charge in [0.05, 0.1) is 6.10 Å². The number of hydrogen-bond donors (Lipinski definition) is 1. The Hall–Kier alpha value is -0.0800. The monoisotopic (exact) mass is 160 g/mol. The first-order valence-corrected chi connectivity index (χ1v) is 4.50. The van der Waals surface area contributed by atoms with Crippen LogP contribution in [0.4, 0.5) is 0 Å². The number of unbranched alkanes of at least 4 members (excludes halogenated alkanes) is 2. The molecular weight excluding hydrogens is 140 g/mol. The lowest BCUT2D eigenvalue weighted by Gasteiger charge is -2.14. The highest BCUT2D eigenvalue weighted by Gasteiger charge is 2.04. The van der Waals surface area contributed by atoms with Crippen molar-refractivity contribution in [2.75, 3.05) is 0 Å². The van der Waals surface area contributed by atoms with E-state index >= 15 is 0 Å². The van der Waals surface area contributed by atoms with E-state index in [-0.39, 0.29) is 6.10 Å². The molecule has 1 atom stereocenters. The van der Waals surface area contributed by atoms with Crippen LogP contribution in [0, 0.1) is 0 Å². The summed E-state index contributed by atoms with van der Waals surface area (Å²) in [7, 11) is 0. The first-order valence-electron chi connectivity index (χ1n) is 4.50. The highest BCUT2D eigenvalue weighted by molar-refractivity contribution is 4.46. The minimum Gasteiger partial charge on any atom is -0.368 e. The average Bonchev–Trinajstić information content (AvgIpc) is 1.86. The second kappa shape index (κ2) is 6.62. The molecule has 0 heterocycles. The van der Waals surface area contributed by atoms with E-state index in [0.29, 0.717) is 0 Å². The van der Waals surface area contributed by atoms with E-state index in [1.807, 2.05) is 13.8 Å². The second-order valence-electron chi connectivity index (χ2n) is 3.14. The van der Waals surface area contributed by atoms with Crippen LogP contribution in [0.1, 0.15) is 46.5 Å². The summed E-state index contributed by atoms with van der Waals surface area (Å²) in [6.07, 6.45) is 3.77. The molecule has 0 aromatic carbocycles. The molecule has 11 heavy (non-hydrogen) atoms. The summed E-state index contributed by atoms with van der Waals surface area (Å²) in [6.45, 7) is 6.02. The fourth-order valence-corrected chi connectivity index (χ4v) is 0.951. The average molecular weight is 160 g/mol. The van der Waals surface area contributed by atoms with Crippen molar-refractivity contribution in [3.05, 3.63) is 0 Å². The van der Waals surface area contributed by atoms with Gasteiger partial charge in [-0.05, 0) is 26.7 Å². The summed E-state index contributed by atoms with van der Waals surface area (Å²) in [6, 6.07) is 0. The van der Waals surface area contributed by atoms with Gasteiger partial charge in [-0.3, -0.25) is 0 Å². The molecule has 0 bridgehead atoms. The van der Waals surface area contributed by atoms with Crippen molar-refractivity contribution in [3.63, 3.8) is 0 Å². The first kappa shape index (κ1) is 10.9. The molecule has 0 aromatic rings. The van der Waals surface area contributed by atoms with Crippen LogP contribution >= 0.6 is 0 Å². The summed E-state index contributed by atoms with van der Waals surface area (Å²) >= 11 is 0. The van der Waals surface area contributed by atoms with E-state index in [1.54, 1.807) is 0 Å². The van der Waals surface area contributed by atoms with Crippen molar-refractivity contribution < 1.29 is 9.84 Å². The number of rotatable bonds is 6. The van der Waals surface area contributed by atoms with Crippen molar-refractivity contribution >= 4 is 0 Å². The highest BCUT2D eigenvalue weighted by Crippen LogP contribution is 2.05. The van der Waals surface area contributed by atoms with Gasteiger partial charge in [-0.15, -0.1) is 0 Å². The predicted molar refractivity (Wildman–Crippen MR) is 46.4 cm³/mol. The molecule has 0 aromatic heterocycles. The fraction of sp³-hybridized carbons (Fsp3) is 1.00. The molecule has 0 fully saturated rings. The zero-order chi connectivity index (χ0) is 8.69. The molecule has 0 radical (unpaired) electrons. The second-order valence-corrected chi connectivity index (χ2v) is 3.14. The quantitative estimate of drug-likeness (QED) is 0.477. The van der Waals surface area contributed by atoms with E-state index in [1.165, 1.54) is 12.8 Å². The highest BCUT2D eigenvalue weighted by atomic mass is 16.6. The lowest BCUT2D eigenvalue weighted by molar-refractivity contribution is -0.129. The van der Waals surface area contributed by atoms with Crippen LogP contribution in [0.25, 0.3) is 0 Å². The van der Waals surface area contributed by atoms with Gasteiger partial charge in [0.2, 0.25) is 0 Å². The Morgan fingerprint density at radius 1 is 1.27 bits per heavy atom. The van der Waals surface area contributed by atoms with Crippen LogP contribution in [-0.2, 0) is 4.74 Å². The van der Waals surface area contributed by atoms with Crippen molar-refractivity contribution in [2.24, 2.45) is 0 Å². The number of aliphatic hydroxyl groups is 1. The van der Waals surface area contributed by atoms with E-state index < -0.39 is 6.29 Å². The maximum absolute atomic E-state index is 9.22. The summed E-state index contributed by atoms with van der Waals surface area (Å²) < 4.78 is 5.15. The lowest BCUT2D eigenvalue weighted by Crippen LogP contribution is -2.16. The van der Waals surface area contributed by atoms with Gasteiger partial charge in [-0.2, -0.15) is 0 Å². The summed E-state index contributed by atoms with van der Waals surface area (Å²) in [4.78, 5) is 0. The molecular formula is C9H20O2. The van der Waals surface area contributed by atoms with Crippen molar-refractivity contribution in [1.82, 2.24) is 0 Å². The molecule has 0 amide bonds. The van der Waals surface area contributed by atoms with Crippen LogP contribution in [0.15, 0.2) is 0 Å². The third kappa shape index (κ3) is 7.82. The molecule has 0 rings (SSSR count). The molecule has 2 heteroatoms. The molecule has 0 aliphatic carbocycles. The molecule has 0 aliphatic rings. The van der Waals surface area contributed by atoms with Gasteiger partial charge in [0.25, 0.3) is 0 Å². The standard InChI is InChI=1S/C9H20O2/c1-4-5-6-7-9(10)11-8(2)3/h8-10H,4-7H2,1-3H3. The van der Waals surface area contributed by atoms with Gasteiger partial charge in [-0.1, -0.05) is 19.8 Å². The molecule has 0 spiro atoms. The van der Waals surface area contributed by atoms with Crippen LogP contribution in [-0.4, -0.2) is 17.5 Å². The van der Waals surface area contributed by atoms with Gasteiger partial charge in [0.15, 0.2) is 6.29 Å². The Kier molecular flexibility index (Phi) is 6.57. The summed E-state index contributed by atoms with van der Waals surface area (Å²) in [5, 5.41) is 9.22. The smallest absolute Gasteiger partial charge is 0.154 e. The van der Waals surface area contributed by atoms with E-state index in [0.717, 1.165) is 12.8 Å². The fourth-order valence-electron chi connectivity index (χ4n) is 0.951. The van der Waals surface area contributed by atoms with Crippen LogP contribution < -0.4 is 0 Å². The van der Waals surface area contributed by atoms with E-state index in [2.05, 4.69) is 6.92 Å². The van der Waals surface area contributed by atoms with Crippen molar-refractivity contribution in [1.29, 1.82) is 0 Å². The van der Waals surface area contributed by atoms with Crippen LogP contribution in [0.3, 0.4) is 0 Å². The largest absolute Gasteiger partial charge is 0.368 e.